The van der Waals surface area contributed by atoms with Crippen molar-refractivity contribution in [1.82, 2.24) is 9.88 Å². The first-order valence-corrected chi connectivity index (χ1v) is 7.59. The summed E-state index contributed by atoms with van der Waals surface area (Å²) < 4.78 is 2.21. The summed E-state index contributed by atoms with van der Waals surface area (Å²) in [5.74, 6) is 0.109. The molecule has 3 aromatic rings. The number of para-hydroxylation sites is 1. The molecule has 1 atom stereocenters. The maximum Gasteiger partial charge on any atom is 0.134 e. The molecule has 0 aliphatic carbocycles. The molecule has 0 bridgehead atoms. The van der Waals surface area contributed by atoms with Crippen molar-refractivity contribution in [1.29, 1.82) is 0 Å². The highest BCUT2D eigenvalue weighted by Crippen LogP contribution is 2.33. The van der Waals surface area contributed by atoms with E-state index in [0.717, 1.165) is 17.8 Å². The summed E-state index contributed by atoms with van der Waals surface area (Å²) in [5, 5.41) is 13.6. The minimum Gasteiger partial charge on any atom is -1.00 e. The average molecular weight is 346 g/mol. The maximum atomic E-state index is 9.64. The van der Waals surface area contributed by atoms with Gasteiger partial charge in [-0.1, -0.05) is 35.9 Å². The molecule has 1 unspecified atom stereocenters. The molecule has 0 radical (unpaired) electrons. The number of benzene rings is 2. The molecule has 3 nitrogen and oxygen atoms in total. The number of phenolic OH excluding ortho intramolecular Hbond substituents is 1. The molecule has 2 N–H and O–H groups in total. The highest BCUT2D eigenvalue weighted by atomic mass is 35.5. The predicted octanol–water partition coefficient (Wildman–Crippen LogP) is 1.03. The second-order valence-electron chi connectivity index (χ2n) is 5.46. The van der Waals surface area contributed by atoms with Gasteiger partial charge in [-0.25, -0.2) is 0 Å². The van der Waals surface area contributed by atoms with Gasteiger partial charge >= 0.3 is 0 Å². The van der Waals surface area contributed by atoms with E-state index >= 15 is 0 Å². The van der Waals surface area contributed by atoms with Crippen LogP contribution in [-0.4, -0.2) is 9.67 Å². The zero-order valence-corrected chi connectivity index (χ0v) is 13.7. The molecule has 0 saturated carbocycles. The van der Waals surface area contributed by atoms with E-state index in [-0.39, 0.29) is 24.2 Å². The molecule has 2 aromatic carbocycles. The lowest BCUT2D eigenvalue weighted by molar-refractivity contribution is -0.00000526. The summed E-state index contributed by atoms with van der Waals surface area (Å²) in [6.07, 6.45) is 2.08. The number of hydrogen-bond acceptors (Lipinski definition) is 2. The van der Waals surface area contributed by atoms with Crippen molar-refractivity contribution in [3.63, 3.8) is 0 Å². The normalized spacial score (nSPS) is 16.0. The van der Waals surface area contributed by atoms with Crippen molar-refractivity contribution in [3.8, 4) is 11.4 Å². The van der Waals surface area contributed by atoms with Gasteiger partial charge in [0.2, 0.25) is 0 Å². The number of rotatable bonds is 1. The second kappa shape index (κ2) is 6.28. The molecule has 118 valence electrons. The van der Waals surface area contributed by atoms with Gasteiger partial charge in [0.25, 0.3) is 0 Å². The van der Waals surface area contributed by atoms with E-state index in [1.54, 1.807) is 6.07 Å². The Morgan fingerprint density at radius 2 is 1.91 bits per heavy atom. The van der Waals surface area contributed by atoms with Gasteiger partial charge < -0.3 is 27.4 Å². The SMILES string of the molecule is Oc1ccc(C2NCc3ccccc3-n3cccc32)cc1Cl.[Cl-]. The van der Waals surface area contributed by atoms with Crippen molar-refractivity contribution >= 4 is 11.6 Å². The minimum absolute atomic E-state index is 0. The summed E-state index contributed by atoms with van der Waals surface area (Å²) in [7, 11) is 0. The van der Waals surface area contributed by atoms with Crippen LogP contribution in [0.5, 0.6) is 5.75 Å². The third-order valence-corrected chi connectivity index (χ3v) is 4.43. The van der Waals surface area contributed by atoms with Crippen LogP contribution in [0.3, 0.4) is 0 Å². The molecular weight excluding hydrogens is 331 g/mol. The molecule has 5 heteroatoms. The van der Waals surface area contributed by atoms with Crippen molar-refractivity contribution in [3.05, 3.63) is 82.6 Å². The number of aromatic hydroxyl groups is 1. The zero-order valence-electron chi connectivity index (χ0n) is 12.2. The lowest BCUT2D eigenvalue weighted by Gasteiger charge is -2.18. The lowest BCUT2D eigenvalue weighted by atomic mass is 10.0. The number of halogens is 2. The first-order valence-electron chi connectivity index (χ1n) is 7.21. The number of phenols is 1. The Morgan fingerprint density at radius 1 is 1.09 bits per heavy atom. The molecular formula is C18H15Cl2N2O-. The van der Waals surface area contributed by atoms with Crippen LogP contribution in [0.1, 0.15) is 22.9 Å². The zero-order chi connectivity index (χ0) is 15.1. The average Bonchev–Trinajstić information content (AvgIpc) is 2.95. The van der Waals surface area contributed by atoms with Crippen LogP contribution in [0.15, 0.2) is 60.8 Å². The summed E-state index contributed by atoms with van der Waals surface area (Å²) in [4.78, 5) is 0. The Labute approximate surface area is 145 Å². The molecule has 1 aliphatic rings. The lowest BCUT2D eigenvalue weighted by Crippen LogP contribution is -3.00. The van der Waals surface area contributed by atoms with Crippen LogP contribution >= 0.6 is 11.6 Å². The van der Waals surface area contributed by atoms with Gasteiger partial charge in [-0.05, 0) is 41.5 Å². The molecule has 2 heterocycles. The number of nitrogens with zero attached hydrogens (tertiary/aromatic N) is 1. The van der Waals surface area contributed by atoms with Crippen LogP contribution in [0.25, 0.3) is 5.69 Å². The summed E-state index contributed by atoms with van der Waals surface area (Å²) in [6.45, 7) is 0.779. The Balaban J connectivity index is 0.00000156. The molecule has 0 spiro atoms. The highest BCUT2D eigenvalue weighted by molar-refractivity contribution is 6.32. The summed E-state index contributed by atoms with van der Waals surface area (Å²) >= 11 is 6.08. The number of nitrogens with one attached hydrogen (secondary N) is 1. The van der Waals surface area contributed by atoms with Gasteiger partial charge in [-0.3, -0.25) is 0 Å². The fraction of sp³-hybridized carbons (Fsp3) is 0.111. The Bertz CT molecular complexity index is 845. The van der Waals surface area contributed by atoms with Crippen LogP contribution in [0.4, 0.5) is 0 Å². The Hall–Kier alpha value is -1.94. The number of fused-ring (bicyclic) bond motifs is 3. The first kappa shape index (κ1) is 15.9. The van der Waals surface area contributed by atoms with Gasteiger partial charge in [0.05, 0.1) is 11.1 Å². The highest BCUT2D eigenvalue weighted by Gasteiger charge is 2.23. The number of aromatic nitrogens is 1. The topological polar surface area (TPSA) is 37.2 Å². The smallest absolute Gasteiger partial charge is 0.134 e. The van der Waals surface area contributed by atoms with E-state index in [1.807, 2.05) is 18.2 Å². The summed E-state index contributed by atoms with van der Waals surface area (Å²) in [5.41, 5.74) is 4.65. The second-order valence-corrected chi connectivity index (χ2v) is 5.86. The molecule has 1 aromatic heterocycles. The van der Waals surface area contributed by atoms with E-state index in [4.69, 9.17) is 11.6 Å². The standard InChI is InChI=1S/C18H15ClN2O.ClH/c19-14-10-12(7-8-17(14)22)18-16-6-3-9-21(16)15-5-2-1-4-13(15)11-20-18;/h1-10,18,20,22H,11H2;1H/p-1. The predicted molar refractivity (Wildman–Crippen MR) is 87.6 cm³/mol. The molecule has 23 heavy (non-hydrogen) atoms. The molecule has 4 rings (SSSR count). The third kappa shape index (κ3) is 2.72. The number of hydrogen-bond donors (Lipinski definition) is 2. The van der Waals surface area contributed by atoms with Crippen LogP contribution in [0.2, 0.25) is 5.02 Å². The third-order valence-electron chi connectivity index (χ3n) is 4.13. The van der Waals surface area contributed by atoms with Crippen molar-refractivity contribution < 1.29 is 17.5 Å². The van der Waals surface area contributed by atoms with Gasteiger partial charge in [0.15, 0.2) is 0 Å². The summed E-state index contributed by atoms with van der Waals surface area (Å²) in [6, 6.07) is 17.9. The van der Waals surface area contributed by atoms with Gasteiger partial charge in [-0.15, -0.1) is 0 Å². The fourth-order valence-electron chi connectivity index (χ4n) is 3.05. The van der Waals surface area contributed by atoms with Crippen LogP contribution in [-0.2, 0) is 6.54 Å². The van der Waals surface area contributed by atoms with E-state index in [2.05, 4.69) is 46.4 Å². The van der Waals surface area contributed by atoms with E-state index < -0.39 is 0 Å². The Morgan fingerprint density at radius 3 is 2.74 bits per heavy atom. The van der Waals surface area contributed by atoms with Crippen molar-refractivity contribution in [2.45, 2.75) is 12.6 Å². The van der Waals surface area contributed by atoms with Crippen LogP contribution in [0, 0.1) is 0 Å². The maximum absolute atomic E-state index is 9.64. The van der Waals surface area contributed by atoms with Crippen LogP contribution < -0.4 is 17.7 Å². The van der Waals surface area contributed by atoms with E-state index in [0.29, 0.717) is 5.02 Å². The van der Waals surface area contributed by atoms with Gasteiger partial charge in [0, 0.05) is 24.1 Å². The largest absolute Gasteiger partial charge is 1.00 e. The molecule has 0 fully saturated rings. The molecule has 1 aliphatic heterocycles. The van der Waals surface area contributed by atoms with Gasteiger partial charge in [-0.2, -0.15) is 0 Å². The fourth-order valence-corrected chi connectivity index (χ4v) is 3.24. The molecule has 0 amide bonds. The minimum atomic E-state index is 0. The van der Waals surface area contributed by atoms with E-state index in [9.17, 15) is 5.11 Å². The van der Waals surface area contributed by atoms with Gasteiger partial charge in [0.1, 0.15) is 5.75 Å². The van der Waals surface area contributed by atoms with Crippen molar-refractivity contribution in [2.24, 2.45) is 0 Å². The Kier molecular flexibility index (Phi) is 4.35. The quantitative estimate of drug-likeness (QED) is 0.691. The van der Waals surface area contributed by atoms with Crippen molar-refractivity contribution in [2.75, 3.05) is 0 Å². The first-order chi connectivity index (χ1) is 10.7. The monoisotopic (exact) mass is 345 g/mol. The molecule has 0 saturated heterocycles. The van der Waals surface area contributed by atoms with E-state index in [1.165, 1.54) is 11.3 Å².